The maximum atomic E-state index is 12.4. The van der Waals surface area contributed by atoms with E-state index in [9.17, 15) is 9.59 Å². The van der Waals surface area contributed by atoms with Gasteiger partial charge in [0, 0.05) is 18.4 Å². The van der Waals surface area contributed by atoms with E-state index < -0.39 is 0 Å². The summed E-state index contributed by atoms with van der Waals surface area (Å²) in [5.74, 6) is 1.28. The fraction of sp³-hybridized carbons (Fsp3) is 0.304. The third kappa shape index (κ3) is 3.14. The van der Waals surface area contributed by atoms with Crippen molar-refractivity contribution < 1.29 is 14.3 Å². The average Bonchev–Trinajstić information content (AvgIpc) is 2.95. The minimum atomic E-state index is -0.372. The molecule has 1 fully saturated rings. The van der Waals surface area contributed by atoms with E-state index in [1.54, 1.807) is 7.05 Å². The van der Waals surface area contributed by atoms with E-state index in [-0.39, 0.29) is 17.2 Å². The molecule has 0 saturated heterocycles. The molecule has 1 aliphatic heterocycles. The Morgan fingerprint density at radius 2 is 1.86 bits per heavy atom. The highest BCUT2D eigenvalue weighted by Crippen LogP contribution is 2.52. The minimum absolute atomic E-state index is 0.103. The summed E-state index contributed by atoms with van der Waals surface area (Å²) in [6.07, 6.45) is 2.85. The fourth-order valence-electron chi connectivity index (χ4n) is 4.10. The van der Waals surface area contributed by atoms with Crippen LogP contribution in [0.4, 0.5) is 11.4 Å². The molecule has 2 aromatic rings. The number of ether oxygens (including phenoxy) is 1. The van der Waals surface area contributed by atoms with Crippen molar-refractivity contribution in [3.8, 4) is 11.5 Å². The predicted molar refractivity (Wildman–Crippen MR) is 113 cm³/mol. The number of benzene rings is 2. The molecule has 0 radical (unpaired) electrons. The molecular formula is C23H25N3O3. The molecule has 1 heterocycles. The van der Waals surface area contributed by atoms with E-state index in [4.69, 9.17) is 4.74 Å². The van der Waals surface area contributed by atoms with Gasteiger partial charge in [0.1, 0.15) is 11.5 Å². The molecule has 2 aromatic carbocycles. The van der Waals surface area contributed by atoms with Gasteiger partial charge in [-0.15, -0.1) is 0 Å². The van der Waals surface area contributed by atoms with Crippen molar-refractivity contribution in [2.45, 2.75) is 38.5 Å². The maximum absolute atomic E-state index is 12.4. The predicted octanol–water partition coefficient (Wildman–Crippen LogP) is 4.14. The number of hydrogen-bond donors (Lipinski definition) is 3. The van der Waals surface area contributed by atoms with E-state index in [1.807, 2.05) is 44.2 Å². The summed E-state index contributed by atoms with van der Waals surface area (Å²) in [6, 6.07) is 9.52. The lowest BCUT2D eigenvalue weighted by Crippen LogP contribution is -2.40. The number of rotatable bonds is 5. The number of likely N-dealkylation sites (N-methyl/N-ethyl adjacent to an activating group) is 1. The van der Waals surface area contributed by atoms with Crippen molar-refractivity contribution in [1.82, 2.24) is 5.32 Å². The van der Waals surface area contributed by atoms with E-state index in [0.717, 1.165) is 47.4 Å². The normalized spacial score (nSPS) is 15.9. The van der Waals surface area contributed by atoms with Crippen molar-refractivity contribution in [3.63, 3.8) is 0 Å². The van der Waals surface area contributed by atoms with Gasteiger partial charge in [0.25, 0.3) is 5.91 Å². The molecule has 0 atom stereocenters. The third-order valence-electron chi connectivity index (χ3n) is 5.91. The van der Waals surface area contributed by atoms with Gasteiger partial charge in [0.2, 0.25) is 5.91 Å². The Morgan fingerprint density at radius 1 is 1.17 bits per heavy atom. The molecule has 2 aliphatic rings. The molecule has 3 N–H and O–H groups in total. The van der Waals surface area contributed by atoms with Crippen LogP contribution < -0.4 is 20.7 Å². The Hall–Kier alpha value is -3.28. The highest BCUT2D eigenvalue weighted by Gasteiger charge is 2.51. The molecule has 1 aliphatic carbocycles. The molecular weight excluding hydrogens is 366 g/mol. The zero-order valence-corrected chi connectivity index (χ0v) is 16.9. The number of anilines is 2. The molecule has 0 aromatic heterocycles. The fourth-order valence-corrected chi connectivity index (χ4v) is 4.10. The van der Waals surface area contributed by atoms with Gasteiger partial charge in [-0.25, -0.2) is 0 Å². The molecule has 6 heteroatoms. The summed E-state index contributed by atoms with van der Waals surface area (Å²) < 4.78 is 6.21. The van der Waals surface area contributed by atoms with Crippen LogP contribution in [0.5, 0.6) is 11.5 Å². The zero-order chi connectivity index (χ0) is 20.8. The van der Waals surface area contributed by atoms with E-state index in [1.165, 1.54) is 0 Å². The van der Waals surface area contributed by atoms with Gasteiger partial charge >= 0.3 is 0 Å². The molecule has 29 heavy (non-hydrogen) atoms. The second kappa shape index (κ2) is 6.95. The zero-order valence-electron chi connectivity index (χ0n) is 16.9. The number of hydrogen-bond acceptors (Lipinski definition) is 4. The van der Waals surface area contributed by atoms with Gasteiger partial charge in [-0.2, -0.15) is 0 Å². The molecule has 2 amide bonds. The topological polar surface area (TPSA) is 79.5 Å². The highest BCUT2D eigenvalue weighted by atomic mass is 16.5. The second-order valence-corrected chi connectivity index (χ2v) is 7.82. The first kappa shape index (κ1) is 19.1. The molecule has 6 nitrogen and oxygen atoms in total. The summed E-state index contributed by atoms with van der Waals surface area (Å²) in [4.78, 5) is 24.4. The number of aryl methyl sites for hydroxylation is 2. The quantitative estimate of drug-likeness (QED) is 0.669. The van der Waals surface area contributed by atoms with Gasteiger partial charge in [0.15, 0.2) is 0 Å². The molecule has 4 rings (SSSR count). The van der Waals surface area contributed by atoms with Gasteiger partial charge in [-0.05, 0) is 73.7 Å². The van der Waals surface area contributed by atoms with E-state index in [0.29, 0.717) is 17.1 Å². The monoisotopic (exact) mass is 391 g/mol. The van der Waals surface area contributed by atoms with Crippen molar-refractivity contribution in [2.75, 3.05) is 17.7 Å². The van der Waals surface area contributed by atoms with Crippen LogP contribution in [0.25, 0.3) is 0 Å². The second-order valence-electron chi connectivity index (χ2n) is 7.82. The number of nitrogens with one attached hydrogen (secondary N) is 3. The summed E-state index contributed by atoms with van der Waals surface area (Å²) >= 11 is 0. The standard InChI is InChI=1S/C23H25N3O3/c1-13-10-16(25-21(27)15(3)24-4)11-14(2)20(13)29-17-6-7-19-18(12-17)23(8-5-9-23)22(28)26-19/h6-7,10-12,24H,3,5,8-9H2,1-2,4H3,(H,25,27)(H,26,28). The average molecular weight is 391 g/mol. The lowest BCUT2D eigenvalue weighted by molar-refractivity contribution is -0.123. The highest BCUT2D eigenvalue weighted by molar-refractivity contribution is 6.07. The van der Waals surface area contributed by atoms with Crippen LogP contribution in [0.1, 0.15) is 36.0 Å². The Kier molecular flexibility index (Phi) is 4.57. The first-order valence-corrected chi connectivity index (χ1v) is 9.77. The summed E-state index contributed by atoms with van der Waals surface area (Å²) in [5.41, 5.74) is 4.35. The first-order valence-electron chi connectivity index (χ1n) is 9.77. The van der Waals surface area contributed by atoms with Crippen LogP contribution in [-0.4, -0.2) is 18.9 Å². The Balaban J connectivity index is 1.59. The molecule has 150 valence electrons. The van der Waals surface area contributed by atoms with Crippen molar-refractivity contribution in [1.29, 1.82) is 0 Å². The minimum Gasteiger partial charge on any atom is -0.457 e. The van der Waals surface area contributed by atoms with Gasteiger partial charge in [-0.1, -0.05) is 13.0 Å². The Bertz CT molecular complexity index is 1010. The van der Waals surface area contributed by atoms with Crippen LogP contribution in [0.2, 0.25) is 0 Å². The Labute approximate surface area is 170 Å². The van der Waals surface area contributed by atoms with Gasteiger partial charge < -0.3 is 20.7 Å². The van der Waals surface area contributed by atoms with E-state index >= 15 is 0 Å². The van der Waals surface area contributed by atoms with Crippen molar-refractivity contribution in [2.24, 2.45) is 0 Å². The van der Waals surface area contributed by atoms with E-state index in [2.05, 4.69) is 22.5 Å². The maximum Gasteiger partial charge on any atom is 0.271 e. The molecule has 1 saturated carbocycles. The SMILES string of the molecule is C=C(NC)C(=O)Nc1cc(C)c(Oc2ccc3c(c2)C2(CCC2)C(=O)N3)c(C)c1. The summed E-state index contributed by atoms with van der Waals surface area (Å²) in [7, 11) is 1.66. The molecule has 1 spiro atoms. The first-order chi connectivity index (χ1) is 13.8. The van der Waals surface area contributed by atoms with Crippen LogP contribution in [0.3, 0.4) is 0 Å². The van der Waals surface area contributed by atoms with Crippen molar-refractivity contribution in [3.05, 3.63) is 59.3 Å². The molecule has 0 bridgehead atoms. The number of carbonyl (C=O) groups is 2. The van der Waals surface area contributed by atoms with Crippen LogP contribution in [-0.2, 0) is 15.0 Å². The van der Waals surface area contributed by atoms with Gasteiger partial charge in [0.05, 0.1) is 11.1 Å². The summed E-state index contributed by atoms with van der Waals surface area (Å²) in [5, 5.41) is 8.56. The largest absolute Gasteiger partial charge is 0.457 e. The lowest BCUT2D eigenvalue weighted by Gasteiger charge is -2.36. The smallest absolute Gasteiger partial charge is 0.271 e. The number of amides is 2. The number of carbonyl (C=O) groups excluding carboxylic acids is 2. The summed E-state index contributed by atoms with van der Waals surface area (Å²) in [6.45, 7) is 7.55. The third-order valence-corrected chi connectivity index (χ3v) is 5.91. The van der Waals surface area contributed by atoms with Crippen LogP contribution in [0.15, 0.2) is 42.6 Å². The lowest BCUT2D eigenvalue weighted by atomic mass is 9.65. The Morgan fingerprint density at radius 3 is 2.45 bits per heavy atom. The van der Waals surface area contributed by atoms with Crippen LogP contribution >= 0.6 is 0 Å². The molecule has 0 unspecified atom stereocenters. The van der Waals surface area contributed by atoms with Crippen molar-refractivity contribution >= 4 is 23.2 Å². The van der Waals surface area contributed by atoms with Gasteiger partial charge in [-0.3, -0.25) is 9.59 Å². The number of fused-ring (bicyclic) bond motifs is 2. The van der Waals surface area contributed by atoms with Crippen LogP contribution in [0, 0.1) is 13.8 Å².